The number of nitrogens with zero attached hydrogens (tertiary/aromatic N) is 2. The molecule has 0 aliphatic carbocycles. The minimum absolute atomic E-state index is 0. The lowest BCUT2D eigenvalue weighted by Crippen LogP contribution is -2.51. The molecular weight excluding hydrogens is 519 g/mol. The highest BCUT2D eigenvalue weighted by Crippen LogP contribution is 2.24. The number of anilines is 1. The fraction of sp³-hybridized carbons (Fsp3) is 0.458. The summed E-state index contributed by atoms with van der Waals surface area (Å²) in [5, 5.41) is 17.4. The Labute approximate surface area is 208 Å². The Morgan fingerprint density at radius 1 is 1.16 bits per heavy atom. The van der Waals surface area contributed by atoms with E-state index >= 15 is 0 Å². The van der Waals surface area contributed by atoms with Crippen molar-refractivity contribution in [2.75, 3.05) is 45.3 Å². The zero-order valence-electron chi connectivity index (χ0n) is 19.1. The second kappa shape index (κ2) is 13.4. The molecule has 32 heavy (non-hydrogen) atoms. The number of aliphatic hydroxyl groups is 1. The van der Waals surface area contributed by atoms with Gasteiger partial charge < -0.3 is 30.1 Å². The van der Waals surface area contributed by atoms with Crippen LogP contribution in [-0.4, -0.2) is 57.5 Å². The highest BCUT2D eigenvalue weighted by atomic mass is 127. The first-order valence-electron chi connectivity index (χ1n) is 10.9. The smallest absolute Gasteiger partial charge is 0.191 e. The van der Waals surface area contributed by atoms with Crippen LogP contribution < -0.4 is 25.0 Å². The molecule has 1 saturated heterocycles. The first-order chi connectivity index (χ1) is 15.1. The van der Waals surface area contributed by atoms with E-state index in [-0.39, 0.29) is 36.6 Å². The SMILES string of the molecule is CCNC(=NCC(O)c1ccc(OC)cc1)NC1CCCN(c2cccc(OC)c2)C1.I. The van der Waals surface area contributed by atoms with Crippen molar-refractivity contribution in [3.63, 3.8) is 0 Å². The molecule has 2 unspecified atom stereocenters. The van der Waals surface area contributed by atoms with E-state index in [1.807, 2.05) is 43.3 Å². The maximum Gasteiger partial charge on any atom is 0.191 e. The van der Waals surface area contributed by atoms with Crippen LogP contribution >= 0.6 is 24.0 Å². The average Bonchev–Trinajstić information content (AvgIpc) is 2.82. The van der Waals surface area contributed by atoms with E-state index in [0.717, 1.165) is 55.5 Å². The van der Waals surface area contributed by atoms with E-state index in [1.54, 1.807) is 14.2 Å². The molecule has 3 N–H and O–H groups in total. The summed E-state index contributed by atoms with van der Waals surface area (Å²) in [7, 11) is 3.32. The zero-order chi connectivity index (χ0) is 22.1. The van der Waals surface area contributed by atoms with Gasteiger partial charge in [0.15, 0.2) is 5.96 Å². The Bertz CT molecular complexity index is 847. The fourth-order valence-corrected chi connectivity index (χ4v) is 3.76. The Hall–Kier alpha value is -2.20. The molecule has 0 bridgehead atoms. The largest absolute Gasteiger partial charge is 0.497 e. The molecule has 3 rings (SSSR count). The van der Waals surface area contributed by atoms with Crippen molar-refractivity contribution in [3.05, 3.63) is 54.1 Å². The number of halogens is 1. The third kappa shape index (κ3) is 7.44. The molecule has 0 amide bonds. The van der Waals surface area contributed by atoms with E-state index in [0.29, 0.717) is 0 Å². The minimum Gasteiger partial charge on any atom is -0.497 e. The highest BCUT2D eigenvalue weighted by molar-refractivity contribution is 14.0. The summed E-state index contributed by atoms with van der Waals surface area (Å²) in [6, 6.07) is 15.9. The lowest BCUT2D eigenvalue weighted by molar-refractivity contribution is 0.187. The topological polar surface area (TPSA) is 78.4 Å². The van der Waals surface area contributed by atoms with Crippen LogP contribution in [0.4, 0.5) is 5.69 Å². The van der Waals surface area contributed by atoms with E-state index in [1.165, 1.54) is 5.69 Å². The summed E-state index contributed by atoms with van der Waals surface area (Å²) in [5.74, 6) is 2.37. The van der Waals surface area contributed by atoms with Gasteiger partial charge in [0.05, 0.1) is 26.9 Å². The Morgan fingerprint density at radius 2 is 1.91 bits per heavy atom. The van der Waals surface area contributed by atoms with Gasteiger partial charge in [0.1, 0.15) is 11.5 Å². The lowest BCUT2D eigenvalue weighted by atomic mass is 10.0. The third-order valence-electron chi connectivity index (χ3n) is 5.45. The van der Waals surface area contributed by atoms with Crippen molar-refractivity contribution >= 4 is 35.6 Å². The number of hydrogen-bond acceptors (Lipinski definition) is 5. The summed E-state index contributed by atoms with van der Waals surface area (Å²) < 4.78 is 10.5. The monoisotopic (exact) mass is 554 g/mol. The summed E-state index contributed by atoms with van der Waals surface area (Å²) in [5.41, 5.74) is 1.99. The van der Waals surface area contributed by atoms with Crippen molar-refractivity contribution in [3.8, 4) is 11.5 Å². The maximum atomic E-state index is 10.5. The molecule has 1 aliphatic heterocycles. The maximum absolute atomic E-state index is 10.5. The molecule has 0 spiro atoms. The van der Waals surface area contributed by atoms with Gasteiger partial charge in [-0.1, -0.05) is 18.2 Å². The van der Waals surface area contributed by atoms with Gasteiger partial charge >= 0.3 is 0 Å². The molecule has 1 fully saturated rings. The Kier molecular flexibility index (Phi) is 10.9. The van der Waals surface area contributed by atoms with Crippen molar-refractivity contribution in [2.45, 2.75) is 31.9 Å². The first kappa shape index (κ1) is 26.1. The van der Waals surface area contributed by atoms with Crippen LogP contribution in [0.3, 0.4) is 0 Å². The Morgan fingerprint density at radius 3 is 2.59 bits per heavy atom. The van der Waals surface area contributed by atoms with E-state index < -0.39 is 6.10 Å². The number of nitrogens with one attached hydrogen (secondary N) is 2. The molecule has 7 nitrogen and oxygen atoms in total. The number of aliphatic hydroxyl groups excluding tert-OH is 1. The molecule has 1 heterocycles. The molecule has 0 saturated carbocycles. The molecule has 0 radical (unpaired) electrons. The summed E-state index contributed by atoms with van der Waals surface area (Å²) >= 11 is 0. The molecule has 176 valence electrons. The van der Waals surface area contributed by atoms with Gasteiger partial charge in [-0.3, -0.25) is 4.99 Å². The number of methoxy groups -OCH3 is 2. The highest BCUT2D eigenvalue weighted by Gasteiger charge is 2.21. The van der Waals surface area contributed by atoms with Crippen molar-refractivity contribution < 1.29 is 14.6 Å². The quantitative estimate of drug-likeness (QED) is 0.263. The second-order valence-corrected chi connectivity index (χ2v) is 7.64. The molecule has 2 aromatic carbocycles. The van der Waals surface area contributed by atoms with Gasteiger partial charge in [-0.05, 0) is 49.6 Å². The first-order valence-corrected chi connectivity index (χ1v) is 10.9. The number of hydrogen-bond donors (Lipinski definition) is 3. The van der Waals surface area contributed by atoms with Gasteiger partial charge in [0, 0.05) is 37.4 Å². The lowest BCUT2D eigenvalue weighted by Gasteiger charge is -2.35. The van der Waals surface area contributed by atoms with Crippen LogP contribution in [0.1, 0.15) is 31.4 Å². The van der Waals surface area contributed by atoms with Crippen molar-refractivity contribution in [1.29, 1.82) is 0 Å². The van der Waals surface area contributed by atoms with Gasteiger partial charge in [-0.15, -0.1) is 24.0 Å². The predicted octanol–water partition coefficient (Wildman–Crippen LogP) is 3.58. The molecule has 1 aliphatic rings. The number of guanidine groups is 1. The standard InChI is InChI=1S/C24H34N4O3.HI/c1-4-25-24(26-16-23(29)18-10-12-21(30-2)13-11-18)27-19-7-6-14-28(17-19)20-8-5-9-22(15-20)31-3;/h5,8-13,15,19,23,29H,4,6-7,14,16-17H2,1-3H3,(H2,25,26,27);1H. The van der Waals surface area contributed by atoms with Crippen LogP contribution in [0.5, 0.6) is 11.5 Å². The predicted molar refractivity (Wildman–Crippen MR) is 141 cm³/mol. The summed E-state index contributed by atoms with van der Waals surface area (Å²) in [6.45, 7) is 5.00. The van der Waals surface area contributed by atoms with Gasteiger partial charge in [-0.25, -0.2) is 0 Å². The van der Waals surface area contributed by atoms with Crippen molar-refractivity contribution in [1.82, 2.24) is 10.6 Å². The van der Waals surface area contributed by atoms with Gasteiger partial charge in [-0.2, -0.15) is 0 Å². The van der Waals surface area contributed by atoms with E-state index in [9.17, 15) is 5.11 Å². The molecule has 0 aromatic heterocycles. The van der Waals surface area contributed by atoms with Crippen LogP contribution in [0.2, 0.25) is 0 Å². The van der Waals surface area contributed by atoms with E-state index in [2.05, 4.69) is 32.7 Å². The van der Waals surface area contributed by atoms with Crippen LogP contribution in [-0.2, 0) is 0 Å². The van der Waals surface area contributed by atoms with Crippen LogP contribution in [0, 0.1) is 0 Å². The minimum atomic E-state index is -0.666. The van der Waals surface area contributed by atoms with Crippen LogP contribution in [0.25, 0.3) is 0 Å². The molecule has 8 heteroatoms. The summed E-state index contributed by atoms with van der Waals surface area (Å²) in [4.78, 5) is 7.00. The average molecular weight is 554 g/mol. The third-order valence-corrected chi connectivity index (χ3v) is 5.45. The molecule has 2 aromatic rings. The Balaban J connectivity index is 0.00000363. The number of rotatable bonds is 8. The number of aliphatic imine (C=N–C) groups is 1. The second-order valence-electron chi connectivity index (χ2n) is 7.64. The fourth-order valence-electron chi connectivity index (χ4n) is 3.76. The van der Waals surface area contributed by atoms with Gasteiger partial charge in [0.2, 0.25) is 0 Å². The number of benzene rings is 2. The molecular formula is C24H35IN4O3. The van der Waals surface area contributed by atoms with Crippen molar-refractivity contribution in [2.24, 2.45) is 4.99 Å². The normalized spacial score (nSPS) is 17.2. The van der Waals surface area contributed by atoms with E-state index in [4.69, 9.17) is 9.47 Å². The van der Waals surface area contributed by atoms with Crippen LogP contribution in [0.15, 0.2) is 53.5 Å². The molecule has 2 atom stereocenters. The number of piperidine rings is 1. The van der Waals surface area contributed by atoms with Gasteiger partial charge in [0.25, 0.3) is 0 Å². The number of ether oxygens (including phenoxy) is 2. The zero-order valence-corrected chi connectivity index (χ0v) is 21.4. The summed E-state index contributed by atoms with van der Waals surface area (Å²) in [6.07, 6.45) is 1.51.